The van der Waals surface area contributed by atoms with E-state index in [0.717, 1.165) is 17.5 Å². The molecule has 1 aliphatic heterocycles. The molecule has 1 unspecified atom stereocenters. The molecular weight excluding hydrogens is 268 g/mol. The third-order valence-electron chi connectivity index (χ3n) is 3.07. The Morgan fingerprint density at radius 1 is 1.56 bits per heavy atom. The molecule has 0 bridgehead atoms. The normalized spacial score (nSPS) is 21.2. The zero-order valence-corrected chi connectivity index (χ0v) is 11.1. The number of halogens is 1. The molecule has 1 aromatic heterocycles. The van der Waals surface area contributed by atoms with Crippen molar-refractivity contribution in [3.63, 3.8) is 0 Å². The van der Waals surface area contributed by atoms with E-state index in [-0.39, 0.29) is 0 Å². The molecule has 0 spiro atoms. The predicted molar refractivity (Wildman–Crippen MR) is 67.7 cm³/mol. The van der Waals surface area contributed by atoms with Crippen LogP contribution in [0.15, 0.2) is 22.8 Å². The minimum Gasteiger partial charge on any atom is -0.478 e. The summed E-state index contributed by atoms with van der Waals surface area (Å²) in [5.41, 5.74) is 0. The van der Waals surface area contributed by atoms with Crippen molar-refractivity contribution < 1.29 is 4.74 Å². The zero-order chi connectivity index (χ0) is 11.4. The summed E-state index contributed by atoms with van der Waals surface area (Å²) in [6.45, 7) is 1.98. The Morgan fingerprint density at radius 3 is 3.06 bits per heavy atom. The number of pyridine rings is 1. The largest absolute Gasteiger partial charge is 0.478 e. The van der Waals surface area contributed by atoms with Gasteiger partial charge in [-0.1, -0.05) is 0 Å². The van der Waals surface area contributed by atoms with Gasteiger partial charge in [0.15, 0.2) is 0 Å². The van der Waals surface area contributed by atoms with Crippen molar-refractivity contribution in [2.24, 2.45) is 0 Å². The molecule has 1 aromatic rings. The Bertz CT molecular complexity index is 328. The van der Waals surface area contributed by atoms with E-state index in [9.17, 15) is 0 Å². The molecule has 0 saturated carbocycles. The van der Waals surface area contributed by atoms with E-state index < -0.39 is 0 Å². The molecule has 16 heavy (non-hydrogen) atoms. The second-order valence-electron chi connectivity index (χ2n) is 4.23. The van der Waals surface area contributed by atoms with Crippen LogP contribution in [0, 0.1) is 0 Å². The van der Waals surface area contributed by atoms with Crippen LogP contribution in [0.1, 0.15) is 19.3 Å². The second kappa shape index (κ2) is 5.64. The third-order valence-corrected chi connectivity index (χ3v) is 3.54. The number of hydrogen-bond donors (Lipinski definition) is 0. The van der Waals surface area contributed by atoms with Gasteiger partial charge in [0, 0.05) is 22.8 Å². The maximum Gasteiger partial charge on any atom is 0.213 e. The van der Waals surface area contributed by atoms with Gasteiger partial charge < -0.3 is 9.64 Å². The number of aromatic nitrogens is 1. The lowest BCUT2D eigenvalue weighted by molar-refractivity contribution is 0.228. The summed E-state index contributed by atoms with van der Waals surface area (Å²) in [7, 11) is 2.19. The smallest absolute Gasteiger partial charge is 0.213 e. The van der Waals surface area contributed by atoms with Gasteiger partial charge in [0.1, 0.15) is 0 Å². The summed E-state index contributed by atoms with van der Waals surface area (Å²) in [6.07, 6.45) is 5.47. The van der Waals surface area contributed by atoms with Crippen molar-refractivity contribution in [2.75, 3.05) is 20.2 Å². The fourth-order valence-electron chi connectivity index (χ4n) is 2.09. The van der Waals surface area contributed by atoms with E-state index in [2.05, 4.69) is 32.9 Å². The van der Waals surface area contributed by atoms with E-state index in [1.165, 1.54) is 19.4 Å². The first-order valence-corrected chi connectivity index (χ1v) is 6.49. The highest BCUT2D eigenvalue weighted by Crippen LogP contribution is 2.18. The maximum atomic E-state index is 5.61. The van der Waals surface area contributed by atoms with E-state index in [1.807, 2.05) is 12.1 Å². The van der Waals surface area contributed by atoms with Crippen LogP contribution in [0.2, 0.25) is 0 Å². The summed E-state index contributed by atoms with van der Waals surface area (Å²) < 4.78 is 6.59. The van der Waals surface area contributed by atoms with Crippen molar-refractivity contribution in [2.45, 2.75) is 25.3 Å². The molecule has 1 aliphatic rings. The van der Waals surface area contributed by atoms with Crippen LogP contribution in [0.25, 0.3) is 0 Å². The molecule has 3 nitrogen and oxygen atoms in total. The van der Waals surface area contributed by atoms with Crippen LogP contribution in [0.3, 0.4) is 0 Å². The molecule has 0 amide bonds. The first-order valence-electron chi connectivity index (χ1n) is 5.70. The Labute approximate surface area is 105 Å². The number of hydrogen-bond acceptors (Lipinski definition) is 3. The SMILES string of the molecule is CN1CCCC1CCOc1ccc(Br)cn1. The Morgan fingerprint density at radius 2 is 2.44 bits per heavy atom. The van der Waals surface area contributed by atoms with E-state index in [1.54, 1.807) is 6.20 Å². The fourth-order valence-corrected chi connectivity index (χ4v) is 2.33. The fraction of sp³-hybridized carbons (Fsp3) is 0.583. The molecule has 1 fully saturated rings. The van der Waals surface area contributed by atoms with Crippen LogP contribution < -0.4 is 4.74 Å². The number of rotatable bonds is 4. The lowest BCUT2D eigenvalue weighted by atomic mass is 10.1. The van der Waals surface area contributed by atoms with E-state index in [4.69, 9.17) is 4.74 Å². The highest BCUT2D eigenvalue weighted by molar-refractivity contribution is 9.10. The number of ether oxygens (including phenoxy) is 1. The summed E-state index contributed by atoms with van der Waals surface area (Å²) in [5, 5.41) is 0. The molecule has 0 aliphatic carbocycles. The van der Waals surface area contributed by atoms with Gasteiger partial charge >= 0.3 is 0 Å². The van der Waals surface area contributed by atoms with Gasteiger partial charge in [-0.25, -0.2) is 4.98 Å². The molecule has 0 N–H and O–H groups in total. The summed E-state index contributed by atoms with van der Waals surface area (Å²) in [6, 6.07) is 4.53. The number of nitrogens with zero attached hydrogens (tertiary/aromatic N) is 2. The maximum absolute atomic E-state index is 5.61. The minimum absolute atomic E-state index is 0.690. The standard InChI is InChI=1S/C12H17BrN2O/c1-15-7-2-3-11(15)6-8-16-12-5-4-10(13)9-14-12/h4-5,9,11H,2-3,6-8H2,1H3. The number of likely N-dealkylation sites (tertiary alicyclic amines) is 1. The Kier molecular flexibility index (Phi) is 4.18. The molecule has 2 rings (SSSR count). The quantitative estimate of drug-likeness (QED) is 0.850. The molecular formula is C12H17BrN2O. The van der Waals surface area contributed by atoms with Gasteiger partial charge in [0.05, 0.1) is 6.61 Å². The first-order chi connectivity index (χ1) is 7.75. The summed E-state index contributed by atoms with van der Waals surface area (Å²) in [5.74, 6) is 0.712. The van der Waals surface area contributed by atoms with Crippen LogP contribution in [-0.4, -0.2) is 36.1 Å². The Hall–Kier alpha value is -0.610. The van der Waals surface area contributed by atoms with Crippen LogP contribution in [0.5, 0.6) is 5.88 Å². The highest BCUT2D eigenvalue weighted by Gasteiger charge is 2.20. The van der Waals surface area contributed by atoms with Crippen LogP contribution in [-0.2, 0) is 0 Å². The third kappa shape index (κ3) is 3.19. The average molecular weight is 285 g/mol. The lowest BCUT2D eigenvalue weighted by Gasteiger charge is -2.18. The molecule has 1 atom stereocenters. The average Bonchev–Trinajstić information content (AvgIpc) is 2.68. The summed E-state index contributed by atoms with van der Waals surface area (Å²) in [4.78, 5) is 6.59. The molecule has 0 radical (unpaired) electrons. The van der Waals surface area contributed by atoms with Crippen molar-refractivity contribution in [3.05, 3.63) is 22.8 Å². The van der Waals surface area contributed by atoms with Gasteiger partial charge in [0.25, 0.3) is 0 Å². The molecule has 88 valence electrons. The van der Waals surface area contributed by atoms with Gasteiger partial charge in [0.2, 0.25) is 5.88 Å². The van der Waals surface area contributed by atoms with Crippen molar-refractivity contribution >= 4 is 15.9 Å². The van der Waals surface area contributed by atoms with Crippen molar-refractivity contribution in [1.82, 2.24) is 9.88 Å². The van der Waals surface area contributed by atoms with Gasteiger partial charge in [-0.05, 0) is 54.9 Å². The first kappa shape index (κ1) is 11.9. The van der Waals surface area contributed by atoms with Crippen molar-refractivity contribution in [1.29, 1.82) is 0 Å². The molecule has 1 saturated heterocycles. The van der Waals surface area contributed by atoms with E-state index >= 15 is 0 Å². The molecule has 2 heterocycles. The highest BCUT2D eigenvalue weighted by atomic mass is 79.9. The topological polar surface area (TPSA) is 25.4 Å². The Balaban J connectivity index is 1.73. The van der Waals surface area contributed by atoms with Gasteiger partial charge in [-0.2, -0.15) is 0 Å². The molecule has 4 heteroatoms. The van der Waals surface area contributed by atoms with Crippen LogP contribution in [0.4, 0.5) is 0 Å². The lowest BCUT2D eigenvalue weighted by Crippen LogP contribution is -2.26. The summed E-state index contributed by atoms with van der Waals surface area (Å²) >= 11 is 3.35. The van der Waals surface area contributed by atoms with E-state index in [0.29, 0.717) is 11.9 Å². The molecule has 0 aromatic carbocycles. The van der Waals surface area contributed by atoms with Crippen LogP contribution >= 0.6 is 15.9 Å². The predicted octanol–water partition coefficient (Wildman–Crippen LogP) is 2.71. The minimum atomic E-state index is 0.690. The second-order valence-corrected chi connectivity index (χ2v) is 5.14. The zero-order valence-electron chi connectivity index (χ0n) is 9.53. The monoisotopic (exact) mass is 284 g/mol. The van der Waals surface area contributed by atoms with Crippen molar-refractivity contribution in [3.8, 4) is 5.88 Å². The van der Waals surface area contributed by atoms with Gasteiger partial charge in [-0.15, -0.1) is 0 Å². The van der Waals surface area contributed by atoms with Gasteiger partial charge in [-0.3, -0.25) is 0 Å².